The van der Waals surface area contributed by atoms with Crippen molar-refractivity contribution in [2.75, 3.05) is 19.0 Å². The monoisotopic (exact) mass is 477 g/mol. The maximum absolute atomic E-state index is 11.4. The zero-order valence-electron chi connectivity index (χ0n) is 20.9. The second kappa shape index (κ2) is 9.78. The largest absolute Gasteiger partial charge is 0.700 e. The predicted molar refractivity (Wildman–Crippen MR) is 146 cm³/mol. The van der Waals surface area contributed by atoms with Gasteiger partial charge >= 0.3 is 7.55 Å². The molecule has 0 saturated heterocycles. The van der Waals surface area contributed by atoms with Crippen molar-refractivity contribution in [3.05, 3.63) is 94.5 Å². The van der Waals surface area contributed by atoms with Crippen molar-refractivity contribution in [2.24, 2.45) is 0 Å². The van der Waals surface area contributed by atoms with Crippen molar-refractivity contribution < 1.29 is 18.8 Å². The number of benzene rings is 2. The van der Waals surface area contributed by atoms with Crippen LogP contribution in [0, 0.1) is 6.92 Å². The Balaban J connectivity index is 1.53. The SMILES string of the molecule is CCOc1cc(C=Cc2cc(C)c3n2[B][N+]2=CC=CC2=C3c2ccc(NC(C)=O)cc2)ccc1OC. The summed E-state index contributed by atoms with van der Waals surface area (Å²) in [7, 11) is 3.77. The van der Waals surface area contributed by atoms with Crippen molar-refractivity contribution in [1.82, 2.24) is 4.48 Å². The first kappa shape index (κ1) is 23.5. The van der Waals surface area contributed by atoms with Crippen LogP contribution in [0.1, 0.15) is 41.9 Å². The average molecular weight is 477 g/mol. The average Bonchev–Trinajstić information content (AvgIpc) is 3.46. The van der Waals surface area contributed by atoms with Gasteiger partial charge in [-0.1, -0.05) is 24.3 Å². The summed E-state index contributed by atoms with van der Waals surface area (Å²) in [6, 6.07) is 16.1. The Morgan fingerprint density at radius 3 is 2.64 bits per heavy atom. The smallest absolute Gasteiger partial charge is 0.493 e. The molecule has 179 valence electrons. The van der Waals surface area contributed by atoms with Crippen LogP contribution in [0.3, 0.4) is 0 Å². The lowest BCUT2D eigenvalue weighted by Crippen LogP contribution is -2.29. The summed E-state index contributed by atoms with van der Waals surface area (Å²) in [6.07, 6.45) is 10.5. The van der Waals surface area contributed by atoms with Crippen LogP contribution in [0.5, 0.6) is 11.5 Å². The third kappa shape index (κ3) is 4.40. The molecule has 1 aromatic heterocycles. The molecule has 0 spiro atoms. The van der Waals surface area contributed by atoms with Gasteiger partial charge in [-0.2, -0.15) is 0 Å². The van der Waals surface area contributed by atoms with E-state index >= 15 is 0 Å². The number of carbonyl (C=O) groups is 1. The summed E-state index contributed by atoms with van der Waals surface area (Å²) in [5.74, 6) is 1.38. The molecule has 1 N–H and O–H groups in total. The highest BCUT2D eigenvalue weighted by Crippen LogP contribution is 2.37. The van der Waals surface area contributed by atoms with Gasteiger partial charge in [0.1, 0.15) is 6.21 Å². The zero-order chi connectivity index (χ0) is 25.2. The second-order valence-electron chi connectivity index (χ2n) is 8.70. The van der Waals surface area contributed by atoms with Crippen LogP contribution in [-0.2, 0) is 4.79 Å². The quantitative estimate of drug-likeness (QED) is 0.480. The number of nitrogens with one attached hydrogen (secondary N) is 1. The molecule has 0 aliphatic carbocycles. The van der Waals surface area contributed by atoms with Gasteiger partial charge in [0.2, 0.25) is 5.91 Å². The number of aryl methyl sites for hydroxylation is 1. The molecule has 6 nitrogen and oxygen atoms in total. The molecule has 0 atom stereocenters. The van der Waals surface area contributed by atoms with Crippen molar-refractivity contribution >= 4 is 43.1 Å². The Kier molecular flexibility index (Phi) is 6.38. The van der Waals surface area contributed by atoms with Gasteiger partial charge in [-0.25, -0.2) is 0 Å². The lowest BCUT2D eigenvalue weighted by Gasteiger charge is -2.19. The zero-order valence-corrected chi connectivity index (χ0v) is 20.9. The van der Waals surface area contributed by atoms with Gasteiger partial charge in [-0.3, -0.25) is 9.28 Å². The van der Waals surface area contributed by atoms with Crippen LogP contribution < -0.4 is 14.8 Å². The summed E-state index contributed by atoms with van der Waals surface area (Å²) in [5.41, 5.74) is 8.59. The fourth-order valence-corrected chi connectivity index (χ4v) is 4.66. The number of hydrogen-bond donors (Lipinski definition) is 1. The second-order valence-corrected chi connectivity index (χ2v) is 8.70. The molecule has 0 unspecified atom stereocenters. The summed E-state index contributed by atoms with van der Waals surface area (Å²) < 4.78 is 15.5. The van der Waals surface area contributed by atoms with Gasteiger partial charge in [-0.15, -0.1) is 0 Å². The van der Waals surface area contributed by atoms with E-state index < -0.39 is 0 Å². The highest BCUT2D eigenvalue weighted by molar-refractivity contribution is 6.28. The maximum Gasteiger partial charge on any atom is 0.700 e. The Morgan fingerprint density at radius 2 is 1.92 bits per heavy atom. The van der Waals surface area contributed by atoms with Crippen LogP contribution >= 0.6 is 0 Å². The number of methoxy groups -OCH3 is 1. The summed E-state index contributed by atoms with van der Waals surface area (Å²) in [6.45, 7) is 6.20. The first-order valence-electron chi connectivity index (χ1n) is 12.0. The Bertz CT molecular complexity index is 1460. The van der Waals surface area contributed by atoms with Crippen molar-refractivity contribution in [3.63, 3.8) is 0 Å². The number of rotatable bonds is 7. The van der Waals surface area contributed by atoms with E-state index in [-0.39, 0.29) is 5.91 Å². The number of ether oxygens (including phenoxy) is 2. The minimum atomic E-state index is -0.0806. The van der Waals surface area contributed by atoms with E-state index in [0.29, 0.717) is 6.61 Å². The molecule has 5 rings (SSSR count). The molecular formula is C29H28BN3O3+. The number of allylic oxidation sites excluding steroid dienone is 2. The molecule has 2 aliphatic heterocycles. The van der Waals surface area contributed by atoms with Gasteiger partial charge < -0.3 is 19.3 Å². The summed E-state index contributed by atoms with van der Waals surface area (Å²) in [5, 5.41) is 2.84. The van der Waals surface area contributed by atoms with Crippen LogP contribution in [0.2, 0.25) is 0 Å². The van der Waals surface area contributed by atoms with Gasteiger partial charge in [-0.05, 0) is 66.9 Å². The first-order valence-corrected chi connectivity index (χ1v) is 12.0. The van der Waals surface area contributed by atoms with E-state index in [2.05, 4.69) is 77.5 Å². The highest BCUT2D eigenvalue weighted by atomic mass is 16.5. The summed E-state index contributed by atoms with van der Waals surface area (Å²) in [4.78, 5) is 11.4. The Hall–Kier alpha value is -4.26. The minimum Gasteiger partial charge on any atom is -0.493 e. The molecule has 36 heavy (non-hydrogen) atoms. The molecular weight excluding hydrogens is 449 g/mol. The first-order chi connectivity index (χ1) is 17.5. The van der Waals surface area contributed by atoms with Crippen molar-refractivity contribution in [2.45, 2.75) is 20.8 Å². The minimum absolute atomic E-state index is 0.0806. The molecule has 0 fully saturated rings. The molecule has 3 aromatic rings. The van der Waals surface area contributed by atoms with Crippen LogP contribution in [0.25, 0.3) is 17.7 Å². The lowest BCUT2D eigenvalue weighted by molar-refractivity contribution is -0.307. The van der Waals surface area contributed by atoms with E-state index in [0.717, 1.165) is 51.0 Å². The number of fused-ring (bicyclic) bond motifs is 2. The number of anilines is 1. The van der Waals surface area contributed by atoms with Crippen molar-refractivity contribution in [3.8, 4) is 11.5 Å². The predicted octanol–water partition coefficient (Wildman–Crippen LogP) is 5.14. The van der Waals surface area contributed by atoms with Gasteiger partial charge in [0.15, 0.2) is 17.2 Å². The molecule has 0 bridgehead atoms. The molecule has 7 heteroatoms. The van der Waals surface area contributed by atoms with Gasteiger partial charge in [0.25, 0.3) is 0 Å². The molecule has 1 amide bonds. The Labute approximate surface area is 212 Å². The molecule has 2 aromatic carbocycles. The number of hydrogen-bond acceptors (Lipinski definition) is 3. The van der Waals surface area contributed by atoms with Gasteiger partial charge in [0.05, 0.1) is 25.0 Å². The maximum atomic E-state index is 11.4. The number of aromatic nitrogens is 1. The van der Waals surface area contributed by atoms with Crippen LogP contribution in [0.4, 0.5) is 5.69 Å². The summed E-state index contributed by atoms with van der Waals surface area (Å²) >= 11 is 0. The number of carbonyl (C=O) groups excluding carboxylic acids is 1. The van der Waals surface area contributed by atoms with E-state index in [4.69, 9.17) is 9.47 Å². The van der Waals surface area contributed by atoms with Crippen LogP contribution in [0.15, 0.2) is 66.4 Å². The fourth-order valence-electron chi connectivity index (χ4n) is 4.66. The normalized spacial score (nSPS) is 13.8. The van der Waals surface area contributed by atoms with E-state index in [9.17, 15) is 4.79 Å². The Morgan fingerprint density at radius 1 is 1.11 bits per heavy atom. The van der Waals surface area contributed by atoms with E-state index in [1.165, 1.54) is 12.5 Å². The van der Waals surface area contributed by atoms with E-state index in [1.54, 1.807) is 7.11 Å². The van der Waals surface area contributed by atoms with E-state index in [1.807, 2.05) is 37.3 Å². The van der Waals surface area contributed by atoms with Gasteiger partial charge in [0, 0.05) is 30.5 Å². The number of nitrogens with zero attached hydrogens (tertiary/aromatic N) is 2. The topological polar surface area (TPSA) is 55.5 Å². The fraction of sp³-hybridized carbons (Fsp3) is 0.172. The molecule has 3 heterocycles. The molecule has 1 radical (unpaired) electrons. The molecule has 0 saturated carbocycles. The number of amides is 1. The highest BCUT2D eigenvalue weighted by Gasteiger charge is 2.36. The standard InChI is InChI=1S/C29H28BN3O3/c1-5-36-27-18-21(9-15-26(27)35-4)8-14-24-17-19(2)29-28(25-7-6-16-32(25)30-33(24)29)22-10-12-23(13-11-22)31-20(3)34/h6-18H,5H2,1-4H3,(H,31,34)/q+1. The molecule has 2 aliphatic rings. The lowest BCUT2D eigenvalue weighted by atomic mass is 9.91. The van der Waals surface area contributed by atoms with Crippen LogP contribution in [-0.4, -0.2) is 42.4 Å². The third-order valence-corrected chi connectivity index (χ3v) is 6.20. The third-order valence-electron chi connectivity index (χ3n) is 6.20. The van der Waals surface area contributed by atoms with Crippen molar-refractivity contribution in [1.29, 1.82) is 0 Å².